The summed E-state index contributed by atoms with van der Waals surface area (Å²) in [5, 5.41) is 2.40. The number of methoxy groups -OCH3 is 1. The van der Waals surface area contributed by atoms with E-state index in [1.807, 2.05) is 26.8 Å². The van der Waals surface area contributed by atoms with Crippen LogP contribution < -0.4 is 5.32 Å². The molecule has 3 heterocycles. The topological polar surface area (TPSA) is 144 Å². The minimum absolute atomic E-state index is 0.00384. The molecule has 0 spiro atoms. The molecular weight excluding hydrogens is 472 g/mol. The smallest absolute Gasteiger partial charge is 0.424 e. The van der Waals surface area contributed by atoms with Crippen molar-refractivity contribution in [1.82, 2.24) is 15.1 Å². The van der Waals surface area contributed by atoms with Crippen molar-refractivity contribution in [2.24, 2.45) is 22.7 Å². The number of aliphatic imine (C=N–C) groups is 1. The second-order valence-corrected chi connectivity index (χ2v) is 9.08. The van der Waals surface area contributed by atoms with Gasteiger partial charge in [0.05, 0.1) is 18.9 Å². The van der Waals surface area contributed by atoms with Crippen LogP contribution >= 0.6 is 0 Å². The number of carbonyl (C=O) groups excluding carboxylic acids is 5. The van der Waals surface area contributed by atoms with Crippen molar-refractivity contribution in [3.8, 4) is 0 Å². The molecule has 3 aliphatic heterocycles. The second-order valence-electron chi connectivity index (χ2n) is 9.08. The first-order valence-electron chi connectivity index (χ1n) is 12.0. The monoisotopic (exact) mass is 502 g/mol. The predicted octanol–water partition coefficient (Wildman–Crippen LogP) is 1.72. The number of cyclic esters (lactones) is 1. The molecule has 36 heavy (non-hydrogen) atoms. The second kappa shape index (κ2) is 9.40. The molecule has 1 aliphatic carbocycles. The number of hydrogen-bond acceptors (Lipinski definition) is 9. The average molecular weight is 503 g/mol. The first-order valence-corrected chi connectivity index (χ1v) is 12.0. The van der Waals surface area contributed by atoms with E-state index in [9.17, 15) is 24.0 Å². The molecule has 4 atom stereocenters. The van der Waals surface area contributed by atoms with Gasteiger partial charge in [-0.3, -0.25) is 19.7 Å². The molecular formula is C24H30N4O8. The van der Waals surface area contributed by atoms with E-state index < -0.39 is 53.9 Å². The summed E-state index contributed by atoms with van der Waals surface area (Å²) in [6, 6.07) is 0. The van der Waals surface area contributed by atoms with E-state index in [0.717, 1.165) is 0 Å². The van der Waals surface area contributed by atoms with Crippen LogP contribution in [0.25, 0.3) is 0 Å². The number of imide groups is 1. The summed E-state index contributed by atoms with van der Waals surface area (Å²) in [5.41, 5.74) is -0.191. The van der Waals surface area contributed by atoms with Gasteiger partial charge in [0.15, 0.2) is 0 Å². The Morgan fingerprint density at radius 3 is 2.53 bits per heavy atom. The SMILES string of the molecule is CCC1=C(OC(=O)N(CC)CC)N2C(=O)OC(=NCC(=O)OC)[C@]2(C)C2C1=CCC1C(=O)NC(=O)C12. The summed E-state index contributed by atoms with van der Waals surface area (Å²) in [4.78, 5) is 70.5. The molecule has 1 N–H and O–H groups in total. The fourth-order valence-corrected chi connectivity index (χ4v) is 5.64. The molecule has 4 amide bonds. The van der Waals surface area contributed by atoms with Gasteiger partial charge in [-0.25, -0.2) is 19.5 Å². The first kappa shape index (κ1) is 25.4. The number of hydrogen-bond donors (Lipinski definition) is 1. The van der Waals surface area contributed by atoms with Crippen LogP contribution in [0.5, 0.6) is 0 Å². The van der Waals surface area contributed by atoms with Crippen molar-refractivity contribution in [3.63, 3.8) is 0 Å². The zero-order chi connectivity index (χ0) is 26.4. The summed E-state index contributed by atoms with van der Waals surface area (Å²) < 4.78 is 16.0. The highest BCUT2D eigenvalue weighted by atomic mass is 16.6. The van der Waals surface area contributed by atoms with Gasteiger partial charge in [-0.1, -0.05) is 13.0 Å². The van der Waals surface area contributed by atoms with Gasteiger partial charge in [0.1, 0.15) is 12.1 Å². The van der Waals surface area contributed by atoms with Gasteiger partial charge < -0.3 is 19.1 Å². The zero-order valence-corrected chi connectivity index (χ0v) is 21.0. The Bertz CT molecular complexity index is 1120. The number of rotatable bonds is 6. The Morgan fingerprint density at radius 1 is 1.22 bits per heavy atom. The van der Waals surface area contributed by atoms with Crippen LogP contribution in [0.15, 0.2) is 28.1 Å². The summed E-state index contributed by atoms with van der Waals surface area (Å²) in [5.74, 6) is -3.76. The van der Waals surface area contributed by atoms with Crippen LogP contribution in [0.3, 0.4) is 0 Å². The van der Waals surface area contributed by atoms with Gasteiger partial charge in [-0.05, 0) is 39.2 Å². The summed E-state index contributed by atoms with van der Waals surface area (Å²) in [7, 11) is 1.21. The third-order valence-electron chi connectivity index (χ3n) is 7.42. The maximum Gasteiger partial charge on any atom is 0.424 e. The van der Waals surface area contributed by atoms with Gasteiger partial charge in [0.25, 0.3) is 0 Å². The molecule has 0 aromatic heterocycles. The number of nitrogens with one attached hydrogen (secondary N) is 1. The fourth-order valence-electron chi connectivity index (χ4n) is 5.64. The lowest BCUT2D eigenvalue weighted by Gasteiger charge is -2.49. The standard InChI is InChI=1S/C24H30N4O8/c1-6-12-13-9-10-14-16(19(31)26-18(14)30)17(13)24(4)21(25-11-15(29)34-5)36-23(33)28(24)20(12)35-22(32)27(7-2)8-3/h9,14,16-17H,6-8,10-11H2,1-5H3,(H,26,30,31)/t14?,16?,17?,24-/m0/s1. The number of nitrogens with zero attached hydrogens (tertiary/aromatic N) is 3. The largest absolute Gasteiger partial charge is 0.468 e. The summed E-state index contributed by atoms with van der Waals surface area (Å²) in [6.07, 6.45) is 1.05. The molecule has 194 valence electrons. The van der Waals surface area contributed by atoms with E-state index in [2.05, 4.69) is 15.0 Å². The maximum absolute atomic E-state index is 13.3. The number of ether oxygens (including phenoxy) is 3. The molecule has 2 saturated heterocycles. The van der Waals surface area contributed by atoms with Gasteiger partial charge in [-0.2, -0.15) is 0 Å². The Labute approximate surface area is 208 Å². The van der Waals surface area contributed by atoms with E-state index in [1.165, 1.54) is 16.9 Å². The highest BCUT2D eigenvalue weighted by molar-refractivity contribution is 6.09. The molecule has 4 aliphatic rings. The normalized spacial score (nSPS) is 29.8. The fraction of sp³-hybridized carbons (Fsp3) is 0.583. The van der Waals surface area contributed by atoms with Crippen LogP contribution in [-0.4, -0.2) is 78.0 Å². The van der Waals surface area contributed by atoms with Crippen molar-refractivity contribution >= 4 is 35.9 Å². The quantitative estimate of drug-likeness (QED) is 0.328. The summed E-state index contributed by atoms with van der Waals surface area (Å²) >= 11 is 0. The van der Waals surface area contributed by atoms with Crippen LogP contribution in [0.2, 0.25) is 0 Å². The lowest BCUT2D eigenvalue weighted by molar-refractivity contribution is -0.139. The van der Waals surface area contributed by atoms with E-state index >= 15 is 0 Å². The van der Waals surface area contributed by atoms with Crippen LogP contribution in [0, 0.1) is 17.8 Å². The van der Waals surface area contributed by atoms with Gasteiger partial charge >= 0.3 is 18.2 Å². The molecule has 0 radical (unpaired) electrons. The van der Waals surface area contributed by atoms with Crippen molar-refractivity contribution in [3.05, 3.63) is 23.1 Å². The van der Waals surface area contributed by atoms with E-state index in [0.29, 0.717) is 37.1 Å². The molecule has 12 nitrogen and oxygen atoms in total. The summed E-state index contributed by atoms with van der Waals surface area (Å²) in [6.45, 7) is 7.48. The van der Waals surface area contributed by atoms with Crippen molar-refractivity contribution in [2.45, 2.75) is 46.1 Å². The third kappa shape index (κ3) is 3.66. The van der Waals surface area contributed by atoms with Crippen LogP contribution in [-0.2, 0) is 28.6 Å². The molecule has 12 heteroatoms. The Kier molecular flexibility index (Phi) is 6.63. The van der Waals surface area contributed by atoms with Gasteiger partial charge in [-0.15, -0.1) is 0 Å². The Morgan fingerprint density at radius 2 is 1.92 bits per heavy atom. The minimum atomic E-state index is -1.44. The Balaban J connectivity index is 1.92. The molecule has 3 unspecified atom stereocenters. The number of esters is 1. The molecule has 0 saturated carbocycles. The van der Waals surface area contributed by atoms with E-state index in [-0.39, 0.29) is 17.7 Å². The number of carbonyl (C=O) groups is 5. The Hall–Kier alpha value is -3.70. The number of amides is 4. The van der Waals surface area contributed by atoms with Crippen molar-refractivity contribution in [2.75, 3.05) is 26.7 Å². The first-order chi connectivity index (χ1) is 17.1. The van der Waals surface area contributed by atoms with Crippen LogP contribution in [0.1, 0.15) is 40.5 Å². The lowest BCUT2D eigenvalue weighted by atomic mass is 9.61. The average Bonchev–Trinajstić information content (AvgIpc) is 3.29. The highest BCUT2D eigenvalue weighted by Gasteiger charge is 2.67. The molecule has 2 fully saturated rings. The van der Waals surface area contributed by atoms with E-state index in [4.69, 9.17) is 9.47 Å². The van der Waals surface area contributed by atoms with Gasteiger partial charge in [0, 0.05) is 24.6 Å². The minimum Gasteiger partial charge on any atom is -0.468 e. The van der Waals surface area contributed by atoms with Crippen molar-refractivity contribution < 1.29 is 38.2 Å². The lowest BCUT2D eigenvalue weighted by Crippen LogP contribution is -2.60. The number of allylic oxidation sites excluding steroid dienone is 2. The molecule has 0 bridgehead atoms. The molecule has 0 aromatic carbocycles. The van der Waals surface area contributed by atoms with E-state index in [1.54, 1.807) is 6.92 Å². The predicted molar refractivity (Wildman–Crippen MR) is 124 cm³/mol. The van der Waals surface area contributed by atoms with Gasteiger partial charge in [0.2, 0.25) is 23.6 Å². The van der Waals surface area contributed by atoms with Crippen LogP contribution in [0.4, 0.5) is 9.59 Å². The molecule has 4 rings (SSSR count). The maximum atomic E-state index is 13.3. The third-order valence-corrected chi connectivity index (χ3v) is 7.42. The highest BCUT2D eigenvalue weighted by Crippen LogP contribution is 2.55. The van der Waals surface area contributed by atoms with Crippen molar-refractivity contribution in [1.29, 1.82) is 0 Å². The number of fused-ring (bicyclic) bond motifs is 5. The zero-order valence-electron chi connectivity index (χ0n) is 21.0. The molecule has 0 aromatic rings.